The van der Waals surface area contributed by atoms with Crippen molar-refractivity contribution >= 4 is 12.1 Å². The lowest BCUT2D eigenvalue weighted by molar-refractivity contribution is -0.113. The molecule has 0 aromatic rings. The van der Waals surface area contributed by atoms with E-state index in [1.807, 2.05) is 6.92 Å². The van der Waals surface area contributed by atoms with E-state index in [-0.39, 0.29) is 5.78 Å². The molecule has 0 bridgehead atoms. The molecule has 3 nitrogen and oxygen atoms in total. The van der Waals surface area contributed by atoms with Gasteiger partial charge in [-0.05, 0) is 19.4 Å². The molecule has 0 fully saturated rings. The van der Waals surface area contributed by atoms with Crippen LogP contribution in [0.4, 0.5) is 0 Å². The maximum Gasteiger partial charge on any atom is 0.159 e. The van der Waals surface area contributed by atoms with Crippen molar-refractivity contribution < 1.29 is 4.79 Å². The van der Waals surface area contributed by atoms with E-state index in [1.54, 1.807) is 25.3 Å². The molecule has 0 aliphatic heterocycles. The van der Waals surface area contributed by atoms with Crippen LogP contribution in [0.2, 0.25) is 0 Å². The number of hydrogen-bond acceptors (Lipinski definition) is 2. The Morgan fingerprint density at radius 3 is 2.38 bits per heavy atom. The molecule has 0 aromatic carbocycles. The molecule has 0 spiro atoms. The van der Waals surface area contributed by atoms with Gasteiger partial charge >= 0.3 is 0 Å². The Morgan fingerprint density at radius 2 is 1.94 bits per heavy atom. The second-order valence-electron chi connectivity index (χ2n) is 3.17. The molecule has 86 valence electrons. The highest BCUT2D eigenvalue weighted by atomic mass is 16.1. The Balaban J connectivity index is 4.50. The number of Topliss-reactive ketones (excluding diaryl/α,β-unsaturated/α-hetero) is 1. The van der Waals surface area contributed by atoms with Crippen LogP contribution in [0.15, 0.2) is 53.2 Å². The van der Waals surface area contributed by atoms with Gasteiger partial charge in [0.2, 0.25) is 0 Å². The van der Waals surface area contributed by atoms with Crippen molar-refractivity contribution in [3.05, 3.63) is 48.2 Å². The molecular formula is C13H18N2O. The summed E-state index contributed by atoms with van der Waals surface area (Å²) in [7, 11) is 1.66. The van der Waals surface area contributed by atoms with Gasteiger partial charge in [-0.15, -0.1) is 0 Å². The molecule has 0 saturated carbocycles. The lowest BCUT2D eigenvalue weighted by Crippen LogP contribution is -2.10. The van der Waals surface area contributed by atoms with Crippen LogP contribution in [-0.2, 0) is 4.79 Å². The average molecular weight is 218 g/mol. The van der Waals surface area contributed by atoms with Crippen LogP contribution in [0.25, 0.3) is 0 Å². The molecule has 0 aromatic heterocycles. The van der Waals surface area contributed by atoms with Crippen LogP contribution in [0, 0.1) is 0 Å². The number of nitrogens with zero attached hydrogens (tertiary/aromatic N) is 1. The molecule has 1 N–H and O–H groups in total. The molecule has 0 unspecified atom stereocenters. The predicted molar refractivity (Wildman–Crippen MR) is 69.4 cm³/mol. The Kier molecular flexibility index (Phi) is 6.52. The number of rotatable bonds is 6. The minimum atomic E-state index is 0.0280. The fourth-order valence-electron chi connectivity index (χ4n) is 0.943. The topological polar surface area (TPSA) is 41.5 Å². The van der Waals surface area contributed by atoms with Gasteiger partial charge in [-0.3, -0.25) is 9.79 Å². The molecule has 0 atom stereocenters. The van der Waals surface area contributed by atoms with E-state index in [2.05, 4.69) is 23.5 Å². The van der Waals surface area contributed by atoms with Crippen molar-refractivity contribution in [3.8, 4) is 0 Å². The standard InChI is InChI=1S/C13H18N2O/c1-6-13(12(4)16)8-7-10(2)11(3)15-9-14-5/h6-9H,2-3H2,1,4-5H3,(H,14,15)/b8-7-,13-6+. The van der Waals surface area contributed by atoms with Gasteiger partial charge < -0.3 is 5.32 Å². The minimum absolute atomic E-state index is 0.0280. The number of carbonyl (C=O) groups excluding carboxylic acids is 1. The van der Waals surface area contributed by atoms with Crippen molar-refractivity contribution in [2.75, 3.05) is 7.05 Å². The number of hydrogen-bond donors (Lipinski definition) is 1. The zero-order valence-electron chi connectivity index (χ0n) is 10.1. The minimum Gasteiger partial charge on any atom is -0.347 e. The summed E-state index contributed by atoms with van der Waals surface area (Å²) in [6.07, 6.45) is 6.76. The first-order chi connectivity index (χ1) is 7.52. The highest BCUT2D eigenvalue weighted by Crippen LogP contribution is 2.06. The molecular weight excluding hydrogens is 200 g/mol. The van der Waals surface area contributed by atoms with Gasteiger partial charge in [-0.25, -0.2) is 0 Å². The van der Waals surface area contributed by atoms with Gasteiger partial charge in [0.15, 0.2) is 5.78 Å². The number of carbonyl (C=O) groups is 1. The van der Waals surface area contributed by atoms with Crippen LogP contribution < -0.4 is 5.32 Å². The molecule has 0 rings (SSSR count). The molecule has 0 amide bonds. The lowest BCUT2D eigenvalue weighted by atomic mass is 10.1. The van der Waals surface area contributed by atoms with Gasteiger partial charge in [0.05, 0.1) is 6.34 Å². The first-order valence-corrected chi connectivity index (χ1v) is 4.93. The molecule has 16 heavy (non-hydrogen) atoms. The molecule has 0 saturated heterocycles. The van der Waals surface area contributed by atoms with Gasteiger partial charge in [0.1, 0.15) is 0 Å². The first kappa shape index (κ1) is 14.1. The van der Waals surface area contributed by atoms with E-state index in [0.717, 1.165) is 0 Å². The third-order valence-corrected chi connectivity index (χ3v) is 1.94. The second-order valence-corrected chi connectivity index (χ2v) is 3.17. The summed E-state index contributed by atoms with van der Waals surface area (Å²) in [6.45, 7) is 11.0. The van der Waals surface area contributed by atoms with Crippen molar-refractivity contribution in [2.45, 2.75) is 13.8 Å². The highest BCUT2D eigenvalue weighted by Gasteiger charge is 1.98. The largest absolute Gasteiger partial charge is 0.347 e. The van der Waals surface area contributed by atoms with Crippen LogP contribution in [0.5, 0.6) is 0 Å². The van der Waals surface area contributed by atoms with Gasteiger partial charge in [0, 0.05) is 18.3 Å². The second kappa shape index (κ2) is 7.40. The Labute approximate surface area is 97.0 Å². The Hall–Kier alpha value is -1.90. The molecule has 0 aliphatic rings. The van der Waals surface area contributed by atoms with Gasteiger partial charge in [-0.1, -0.05) is 31.4 Å². The van der Waals surface area contributed by atoms with Crippen LogP contribution in [0.1, 0.15) is 13.8 Å². The zero-order chi connectivity index (χ0) is 12.6. The van der Waals surface area contributed by atoms with Gasteiger partial charge in [-0.2, -0.15) is 0 Å². The van der Waals surface area contributed by atoms with Crippen molar-refractivity contribution in [2.24, 2.45) is 4.99 Å². The van der Waals surface area contributed by atoms with E-state index < -0.39 is 0 Å². The molecule has 0 radical (unpaired) electrons. The zero-order valence-corrected chi connectivity index (χ0v) is 10.1. The van der Waals surface area contributed by atoms with Crippen LogP contribution in [-0.4, -0.2) is 19.2 Å². The fourth-order valence-corrected chi connectivity index (χ4v) is 0.943. The van der Waals surface area contributed by atoms with E-state index in [4.69, 9.17) is 0 Å². The summed E-state index contributed by atoms with van der Waals surface area (Å²) in [5, 5.41) is 2.86. The lowest BCUT2D eigenvalue weighted by Gasteiger charge is -2.03. The Bertz CT molecular complexity index is 373. The Morgan fingerprint density at radius 1 is 1.31 bits per heavy atom. The van der Waals surface area contributed by atoms with E-state index in [9.17, 15) is 4.79 Å². The number of aliphatic imine (C=N–C) groups is 1. The number of nitrogens with one attached hydrogen (secondary N) is 1. The van der Waals surface area contributed by atoms with Crippen LogP contribution >= 0.6 is 0 Å². The summed E-state index contributed by atoms with van der Waals surface area (Å²) in [4.78, 5) is 14.9. The van der Waals surface area contributed by atoms with E-state index in [1.165, 1.54) is 13.3 Å². The van der Waals surface area contributed by atoms with Crippen molar-refractivity contribution in [3.63, 3.8) is 0 Å². The van der Waals surface area contributed by atoms with Crippen molar-refractivity contribution in [1.82, 2.24) is 5.32 Å². The third kappa shape index (κ3) is 5.10. The quantitative estimate of drug-likeness (QED) is 0.322. The van der Waals surface area contributed by atoms with Gasteiger partial charge in [0.25, 0.3) is 0 Å². The fraction of sp³-hybridized carbons (Fsp3) is 0.231. The smallest absolute Gasteiger partial charge is 0.159 e. The summed E-state index contributed by atoms with van der Waals surface area (Å²) < 4.78 is 0. The number of ketones is 1. The maximum atomic E-state index is 11.1. The maximum absolute atomic E-state index is 11.1. The SMILES string of the molecule is C=C(/C=C\C(=C/C)C(C)=O)C(=C)NC=NC. The summed E-state index contributed by atoms with van der Waals surface area (Å²) in [5.41, 5.74) is 2.01. The normalized spacial score (nSPS) is 12.1. The molecule has 3 heteroatoms. The monoisotopic (exact) mass is 218 g/mol. The first-order valence-electron chi connectivity index (χ1n) is 4.93. The summed E-state index contributed by atoms with van der Waals surface area (Å²) in [5.74, 6) is 0.0280. The molecule has 0 aliphatic carbocycles. The third-order valence-electron chi connectivity index (χ3n) is 1.94. The van der Waals surface area contributed by atoms with Crippen LogP contribution in [0.3, 0.4) is 0 Å². The number of allylic oxidation sites excluding steroid dienone is 4. The predicted octanol–water partition coefficient (Wildman–Crippen LogP) is 2.40. The van der Waals surface area contributed by atoms with E-state index in [0.29, 0.717) is 16.8 Å². The summed E-state index contributed by atoms with van der Waals surface area (Å²) in [6, 6.07) is 0. The van der Waals surface area contributed by atoms with E-state index >= 15 is 0 Å². The molecule has 0 heterocycles. The van der Waals surface area contributed by atoms with Crippen molar-refractivity contribution in [1.29, 1.82) is 0 Å². The average Bonchev–Trinajstić information content (AvgIpc) is 2.25. The summed E-state index contributed by atoms with van der Waals surface area (Å²) >= 11 is 0. The highest BCUT2D eigenvalue weighted by molar-refractivity contribution is 5.96.